The molecule has 2 aromatic carbocycles. The second-order valence-electron chi connectivity index (χ2n) is 4.26. The highest BCUT2D eigenvalue weighted by atomic mass is 16.5. The van der Waals surface area contributed by atoms with E-state index in [0.717, 1.165) is 39.6 Å². The zero-order chi connectivity index (χ0) is 13.4. The van der Waals surface area contributed by atoms with Crippen LogP contribution in [0.25, 0.3) is 5.57 Å². The van der Waals surface area contributed by atoms with Gasteiger partial charge in [-0.15, -0.1) is 0 Å². The fourth-order valence-corrected chi connectivity index (χ4v) is 2.15. The Bertz CT molecular complexity index is 717. The van der Waals surface area contributed by atoms with E-state index in [0.29, 0.717) is 0 Å². The lowest BCUT2D eigenvalue weighted by atomic mass is 9.95. The van der Waals surface area contributed by atoms with Crippen molar-refractivity contribution in [2.75, 3.05) is 0 Å². The molecule has 1 aliphatic heterocycles. The van der Waals surface area contributed by atoms with Crippen LogP contribution in [0.3, 0.4) is 0 Å². The highest BCUT2D eigenvalue weighted by Gasteiger charge is 2.20. The highest BCUT2D eigenvalue weighted by Crippen LogP contribution is 2.45. The van der Waals surface area contributed by atoms with Crippen LogP contribution < -0.4 is 4.74 Å². The largest absolute Gasteiger partial charge is 0.456 e. The average Bonchev–Trinajstić information content (AvgIpc) is 2.46. The number of aliphatic imine (C=N–C) groups is 2. The van der Waals surface area contributed by atoms with Gasteiger partial charge in [-0.1, -0.05) is 6.58 Å². The van der Waals surface area contributed by atoms with Gasteiger partial charge in [-0.25, -0.2) is 0 Å². The van der Waals surface area contributed by atoms with E-state index >= 15 is 0 Å². The average molecular weight is 248 g/mol. The molecule has 0 atom stereocenters. The van der Waals surface area contributed by atoms with Crippen molar-refractivity contribution in [3.63, 3.8) is 0 Å². The first-order valence-electron chi connectivity index (χ1n) is 5.82. The minimum Gasteiger partial charge on any atom is -0.456 e. The molecule has 0 unspecified atom stereocenters. The van der Waals surface area contributed by atoms with E-state index in [-0.39, 0.29) is 0 Å². The maximum absolute atomic E-state index is 5.88. The molecule has 3 nitrogen and oxygen atoms in total. The monoisotopic (exact) mass is 248 g/mol. The van der Waals surface area contributed by atoms with Gasteiger partial charge < -0.3 is 4.74 Å². The first-order valence-corrected chi connectivity index (χ1v) is 5.82. The van der Waals surface area contributed by atoms with Crippen molar-refractivity contribution in [1.82, 2.24) is 0 Å². The molecule has 0 aliphatic carbocycles. The number of fused-ring (bicyclic) bond motifs is 2. The van der Waals surface area contributed by atoms with Crippen LogP contribution in [0.4, 0.5) is 11.4 Å². The van der Waals surface area contributed by atoms with Crippen molar-refractivity contribution in [2.24, 2.45) is 9.98 Å². The van der Waals surface area contributed by atoms with E-state index in [4.69, 9.17) is 4.74 Å². The summed E-state index contributed by atoms with van der Waals surface area (Å²) in [6, 6.07) is 11.4. The van der Waals surface area contributed by atoms with Crippen molar-refractivity contribution >= 4 is 30.4 Å². The molecule has 0 N–H and O–H groups in total. The molecule has 1 aliphatic rings. The van der Waals surface area contributed by atoms with Gasteiger partial charge in [0, 0.05) is 17.2 Å². The maximum atomic E-state index is 5.88. The Kier molecular flexibility index (Phi) is 2.53. The lowest BCUT2D eigenvalue weighted by Crippen LogP contribution is -2.01. The third-order valence-corrected chi connectivity index (χ3v) is 3.16. The number of ether oxygens (including phenoxy) is 1. The molecule has 0 bridgehead atoms. The molecule has 0 amide bonds. The Hall–Kier alpha value is -2.68. The molecule has 1 heterocycles. The zero-order valence-corrected chi connectivity index (χ0v) is 10.4. The van der Waals surface area contributed by atoms with Crippen molar-refractivity contribution < 1.29 is 4.74 Å². The topological polar surface area (TPSA) is 34.0 Å². The summed E-state index contributed by atoms with van der Waals surface area (Å²) in [5.41, 5.74) is 4.39. The van der Waals surface area contributed by atoms with Crippen LogP contribution in [0.15, 0.2) is 53.0 Å². The molecular formula is C16H12N2O. The number of rotatable bonds is 2. The van der Waals surface area contributed by atoms with Gasteiger partial charge in [0.2, 0.25) is 0 Å². The van der Waals surface area contributed by atoms with E-state index < -0.39 is 0 Å². The fraction of sp³-hybridized carbons (Fsp3) is 0. The van der Waals surface area contributed by atoms with Gasteiger partial charge in [-0.2, -0.15) is 0 Å². The summed E-state index contributed by atoms with van der Waals surface area (Å²) in [5.74, 6) is 1.52. The van der Waals surface area contributed by atoms with Crippen LogP contribution in [-0.2, 0) is 0 Å². The second kappa shape index (κ2) is 4.21. The second-order valence-corrected chi connectivity index (χ2v) is 4.26. The van der Waals surface area contributed by atoms with Crippen LogP contribution in [-0.4, -0.2) is 13.4 Å². The molecule has 92 valence electrons. The van der Waals surface area contributed by atoms with E-state index in [1.54, 1.807) is 0 Å². The van der Waals surface area contributed by atoms with E-state index in [9.17, 15) is 0 Å². The van der Waals surface area contributed by atoms with Gasteiger partial charge in [-0.3, -0.25) is 9.98 Å². The van der Waals surface area contributed by atoms with Crippen LogP contribution in [0.1, 0.15) is 11.1 Å². The van der Waals surface area contributed by atoms with E-state index in [1.165, 1.54) is 0 Å². The summed E-state index contributed by atoms with van der Waals surface area (Å²) in [6.07, 6.45) is 0. The van der Waals surface area contributed by atoms with Crippen LogP contribution in [0.5, 0.6) is 11.5 Å². The van der Waals surface area contributed by atoms with Crippen LogP contribution in [0, 0.1) is 0 Å². The lowest BCUT2D eigenvalue weighted by molar-refractivity contribution is 0.474. The molecule has 0 saturated heterocycles. The minimum atomic E-state index is 0.752. The third kappa shape index (κ3) is 1.76. The van der Waals surface area contributed by atoms with Crippen molar-refractivity contribution in [1.29, 1.82) is 0 Å². The maximum Gasteiger partial charge on any atom is 0.137 e. The Morgan fingerprint density at radius 3 is 2.21 bits per heavy atom. The van der Waals surface area contributed by atoms with Crippen molar-refractivity contribution in [2.45, 2.75) is 0 Å². The SMILES string of the molecule is C=Nc1ccc2c(c1)Oc1ccc(N=C)cc1C2=C. The molecule has 0 fully saturated rings. The van der Waals surface area contributed by atoms with E-state index in [2.05, 4.69) is 30.0 Å². The summed E-state index contributed by atoms with van der Waals surface area (Å²) < 4.78 is 5.88. The smallest absolute Gasteiger partial charge is 0.137 e. The molecule has 3 rings (SSSR count). The van der Waals surface area contributed by atoms with Gasteiger partial charge in [0.1, 0.15) is 11.5 Å². The lowest BCUT2D eigenvalue weighted by Gasteiger charge is -2.22. The third-order valence-electron chi connectivity index (χ3n) is 3.16. The standard InChI is InChI=1S/C16H12N2O/c1-10-13-6-4-12(18-3)9-16(13)19-15-7-5-11(17-2)8-14(10)15/h4-9H,1-3H2. The molecular weight excluding hydrogens is 236 g/mol. The summed E-state index contributed by atoms with van der Waals surface area (Å²) in [5, 5.41) is 0. The predicted molar refractivity (Wildman–Crippen MR) is 79.5 cm³/mol. The number of hydrogen-bond donors (Lipinski definition) is 0. The zero-order valence-electron chi connectivity index (χ0n) is 10.4. The quantitative estimate of drug-likeness (QED) is 0.614. The molecule has 19 heavy (non-hydrogen) atoms. The normalized spacial score (nSPS) is 12.1. The predicted octanol–water partition coefficient (Wildman–Crippen LogP) is 4.52. The highest BCUT2D eigenvalue weighted by molar-refractivity contribution is 5.88. The Morgan fingerprint density at radius 2 is 1.47 bits per heavy atom. The van der Waals surface area contributed by atoms with E-state index in [1.807, 2.05) is 36.4 Å². The molecule has 0 saturated carbocycles. The van der Waals surface area contributed by atoms with Gasteiger partial charge in [0.15, 0.2) is 0 Å². The summed E-state index contributed by atoms with van der Waals surface area (Å²) in [7, 11) is 0. The van der Waals surface area contributed by atoms with Gasteiger partial charge in [0.05, 0.1) is 11.4 Å². The first kappa shape index (κ1) is 11.4. The van der Waals surface area contributed by atoms with Crippen molar-refractivity contribution in [3.05, 3.63) is 54.1 Å². The summed E-state index contributed by atoms with van der Waals surface area (Å²) >= 11 is 0. The molecule has 0 radical (unpaired) electrons. The minimum absolute atomic E-state index is 0.752. The molecule has 2 aromatic rings. The fourth-order valence-electron chi connectivity index (χ4n) is 2.15. The van der Waals surface area contributed by atoms with Crippen LogP contribution in [0.2, 0.25) is 0 Å². The number of nitrogens with zero attached hydrogens (tertiary/aromatic N) is 2. The van der Waals surface area contributed by atoms with Gasteiger partial charge in [-0.05, 0) is 49.3 Å². The van der Waals surface area contributed by atoms with Gasteiger partial charge >= 0.3 is 0 Å². The van der Waals surface area contributed by atoms with Gasteiger partial charge in [0.25, 0.3) is 0 Å². The summed E-state index contributed by atoms with van der Waals surface area (Å²) in [6.45, 7) is 11.2. The molecule has 0 spiro atoms. The van der Waals surface area contributed by atoms with Crippen molar-refractivity contribution in [3.8, 4) is 11.5 Å². The molecule has 0 aromatic heterocycles. The Labute approximate surface area is 111 Å². The Morgan fingerprint density at radius 1 is 0.789 bits per heavy atom. The van der Waals surface area contributed by atoms with Crippen LogP contribution >= 0.6 is 0 Å². The Balaban J connectivity index is 2.16. The first-order chi connectivity index (χ1) is 9.22. The number of benzene rings is 2. The summed E-state index contributed by atoms with van der Waals surface area (Å²) in [4.78, 5) is 7.83. The number of hydrogen-bond acceptors (Lipinski definition) is 3. The molecule has 3 heteroatoms.